The molecule has 1 N–H and O–H groups in total. The van der Waals surface area contributed by atoms with Gasteiger partial charge in [0.15, 0.2) is 11.5 Å². The van der Waals surface area contributed by atoms with E-state index >= 15 is 0 Å². The Hall–Kier alpha value is -2.67. The number of hydrogen-bond acceptors (Lipinski definition) is 5. The van der Waals surface area contributed by atoms with E-state index < -0.39 is 0 Å². The number of carbonyl (C=O) groups is 2. The van der Waals surface area contributed by atoms with Crippen molar-refractivity contribution < 1.29 is 19.1 Å². The molecule has 0 fully saturated rings. The van der Waals surface area contributed by atoms with Crippen molar-refractivity contribution in [1.82, 2.24) is 5.32 Å². The van der Waals surface area contributed by atoms with Gasteiger partial charge in [0.25, 0.3) is 0 Å². The molecule has 0 bridgehead atoms. The van der Waals surface area contributed by atoms with Crippen LogP contribution in [0.4, 0.5) is 5.69 Å². The van der Waals surface area contributed by atoms with Crippen LogP contribution < -0.4 is 19.7 Å². The number of carbonyl (C=O) groups excluding carboxylic acids is 2. The summed E-state index contributed by atoms with van der Waals surface area (Å²) in [5.74, 6) is 2.00. The molecule has 0 spiro atoms. The molecule has 7 heteroatoms. The smallest absolute Gasteiger partial charge is 0.227 e. The topological polar surface area (TPSA) is 67.9 Å². The van der Waals surface area contributed by atoms with Crippen molar-refractivity contribution >= 4 is 29.3 Å². The average Bonchev–Trinajstić information content (AvgIpc) is 2.77. The van der Waals surface area contributed by atoms with E-state index in [9.17, 15) is 9.59 Å². The summed E-state index contributed by atoms with van der Waals surface area (Å²) in [5, 5.41) is 2.97. The molecule has 1 aliphatic heterocycles. The Labute approximate surface area is 181 Å². The van der Waals surface area contributed by atoms with Gasteiger partial charge in [0.1, 0.15) is 0 Å². The largest absolute Gasteiger partial charge is 0.493 e. The number of rotatable bonds is 8. The zero-order valence-electron chi connectivity index (χ0n) is 17.6. The van der Waals surface area contributed by atoms with Crippen LogP contribution in [-0.2, 0) is 9.59 Å². The zero-order valence-corrected chi connectivity index (χ0v) is 18.5. The first-order valence-corrected chi connectivity index (χ1v) is 11.1. The summed E-state index contributed by atoms with van der Waals surface area (Å²) >= 11 is 1.75. The number of fused-ring (bicyclic) bond motifs is 1. The van der Waals surface area contributed by atoms with Crippen LogP contribution in [-0.4, -0.2) is 37.8 Å². The van der Waals surface area contributed by atoms with Crippen molar-refractivity contribution in [3.05, 3.63) is 48.0 Å². The lowest BCUT2D eigenvalue weighted by atomic mass is 10.1. The molecular weight excluding hydrogens is 400 g/mol. The molecule has 2 aromatic rings. The van der Waals surface area contributed by atoms with Gasteiger partial charge in [-0.25, -0.2) is 0 Å². The first kappa shape index (κ1) is 22.0. The van der Waals surface area contributed by atoms with Crippen LogP contribution in [0.25, 0.3) is 0 Å². The van der Waals surface area contributed by atoms with Gasteiger partial charge in [0.2, 0.25) is 11.8 Å². The average molecular weight is 429 g/mol. The number of nitrogens with zero attached hydrogens (tertiary/aromatic N) is 1. The van der Waals surface area contributed by atoms with E-state index in [4.69, 9.17) is 9.47 Å². The fraction of sp³-hybridized carbons (Fsp3) is 0.391. The quantitative estimate of drug-likeness (QED) is 0.683. The molecule has 2 aromatic carbocycles. The molecule has 0 aliphatic carbocycles. The third kappa shape index (κ3) is 5.27. The highest BCUT2D eigenvalue weighted by Crippen LogP contribution is 2.34. The molecule has 1 atom stereocenters. The SMILES string of the molecule is CCOc1ccc(C(C)NC(=O)CCC(=O)N2CCSc3ccccc32)cc1OC. The number of ether oxygens (including phenoxy) is 2. The fourth-order valence-corrected chi connectivity index (χ4v) is 4.40. The summed E-state index contributed by atoms with van der Waals surface area (Å²) in [7, 11) is 1.59. The van der Waals surface area contributed by atoms with Crippen LogP contribution in [0.5, 0.6) is 11.5 Å². The second-order valence-corrected chi connectivity index (χ2v) is 8.13. The van der Waals surface area contributed by atoms with Crippen molar-refractivity contribution in [3.63, 3.8) is 0 Å². The Morgan fingerprint density at radius 1 is 1.17 bits per heavy atom. The van der Waals surface area contributed by atoms with Crippen molar-refractivity contribution in [3.8, 4) is 11.5 Å². The van der Waals surface area contributed by atoms with Gasteiger partial charge in [-0.05, 0) is 43.7 Å². The summed E-state index contributed by atoms with van der Waals surface area (Å²) in [6, 6.07) is 13.3. The molecule has 6 nitrogen and oxygen atoms in total. The third-order valence-corrected chi connectivity index (χ3v) is 6.00. The second-order valence-electron chi connectivity index (χ2n) is 6.99. The van der Waals surface area contributed by atoms with E-state index in [1.807, 2.05) is 56.3 Å². The van der Waals surface area contributed by atoms with Gasteiger partial charge < -0.3 is 19.7 Å². The van der Waals surface area contributed by atoms with Crippen LogP contribution >= 0.6 is 11.8 Å². The van der Waals surface area contributed by atoms with Gasteiger partial charge in [-0.15, -0.1) is 11.8 Å². The van der Waals surface area contributed by atoms with Gasteiger partial charge >= 0.3 is 0 Å². The fourth-order valence-electron chi connectivity index (χ4n) is 3.41. The zero-order chi connectivity index (χ0) is 21.5. The second kappa shape index (κ2) is 10.4. The maximum absolute atomic E-state index is 12.7. The van der Waals surface area contributed by atoms with Crippen molar-refractivity contribution in [2.24, 2.45) is 0 Å². The van der Waals surface area contributed by atoms with E-state index in [-0.39, 0.29) is 30.7 Å². The molecule has 0 saturated heterocycles. The summed E-state index contributed by atoms with van der Waals surface area (Å²) in [6.45, 7) is 5.05. The van der Waals surface area contributed by atoms with Gasteiger partial charge in [0.05, 0.1) is 25.4 Å². The Balaban J connectivity index is 1.55. The van der Waals surface area contributed by atoms with Gasteiger partial charge in [-0.3, -0.25) is 9.59 Å². The van der Waals surface area contributed by atoms with Crippen molar-refractivity contribution in [2.45, 2.75) is 37.6 Å². The van der Waals surface area contributed by atoms with Crippen LogP contribution in [0.3, 0.4) is 0 Å². The van der Waals surface area contributed by atoms with E-state index in [2.05, 4.69) is 5.32 Å². The summed E-state index contributed by atoms with van der Waals surface area (Å²) in [4.78, 5) is 28.1. The Morgan fingerprint density at radius 3 is 2.73 bits per heavy atom. The molecule has 1 aliphatic rings. The normalized spacial score (nSPS) is 13.9. The van der Waals surface area contributed by atoms with E-state index in [0.717, 1.165) is 21.9 Å². The van der Waals surface area contributed by atoms with Crippen molar-refractivity contribution in [1.29, 1.82) is 0 Å². The van der Waals surface area contributed by atoms with E-state index in [1.165, 1.54) is 0 Å². The predicted molar refractivity (Wildman–Crippen MR) is 119 cm³/mol. The van der Waals surface area contributed by atoms with E-state index in [0.29, 0.717) is 24.7 Å². The number of methoxy groups -OCH3 is 1. The lowest BCUT2D eigenvalue weighted by molar-refractivity contribution is -0.125. The number of thioether (sulfide) groups is 1. The summed E-state index contributed by atoms with van der Waals surface area (Å²) in [6.07, 6.45) is 0.341. The molecule has 2 amide bonds. The Morgan fingerprint density at radius 2 is 1.97 bits per heavy atom. The molecular formula is C23H28N2O4S. The lowest BCUT2D eigenvalue weighted by Gasteiger charge is -2.29. The minimum Gasteiger partial charge on any atom is -0.493 e. The van der Waals surface area contributed by atoms with Crippen LogP contribution in [0.2, 0.25) is 0 Å². The number of anilines is 1. The minimum atomic E-state index is -0.204. The standard InChI is InChI=1S/C23H28N2O4S/c1-4-29-19-10-9-17(15-20(19)28-3)16(2)24-22(26)11-12-23(27)25-13-14-30-21-8-6-5-7-18(21)25/h5-10,15-16H,4,11-14H2,1-3H3,(H,24,26). The summed E-state index contributed by atoms with van der Waals surface area (Å²) < 4.78 is 10.9. The molecule has 1 heterocycles. The molecule has 0 radical (unpaired) electrons. The number of benzene rings is 2. The maximum atomic E-state index is 12.7. The molecule has 0 saturated carbocycles. The molecule has 160 valence electrons. The number of nitrogens with one attached hydrogen (secondary N) is 1. The first-order valence-electron chi connectivity index (χ1n) is 10.2. The Bertz CT molecular complexity index is 903. The Kier molecular flexibility index (Phi) is 7.63. The highest BCUT2D eigenvalue weighted by molar-refractivity contribution is 7.99. The molecule has 1 unspecified atom stereocenters. The summed E-state index contributed by atoms with van der Waals surface area (Å²) in [5.41, 5.74) is 1.85. The molecule has 0 aromatic heterocycles. The van der Waals surface area contributed by atoms with Crippen LogP contribution in [0.1, 0.15) is 38.3 Å². The lowest BCUT2D eigenvalue weighted by Crippen LogP contribution is -2.36. The highest BCUT2D eigenvalue weighted by Gasteiger charge is 2.23. The maximum Gasteiger partial charge on any atom is 0.227 e. The van der Waals surface area contributed by atoms with E-state index in [1.54, 1.807) is 23.8 Å². The van der Waals surface area contributed by atoms with Gasteiger partial charge in [-0.1, -0.05) is 18.2 Å². The van der Waals surface area contributed by atoms with Gasteiger partial charge in [0, 0.05) is 30.0 Å². The third-order valence-electron chi connectivity index (χ3n) is 4.96. The van der Waals surface area contributed by atoms with Crippen LogP contribution in [0.15, 0.2) is 47.4 Å². The number of para-hydroxylation sites is 1. The molecule has 3 rings (SSSR count). The molecule has 30 heavy (non-hydrogen) atoms. The van der Waals surface area contributed by atoms with Crippen molar-refractivity contribution in [2.75, 3.05) is 30.9 Å². The monoisotopic (exact) mass is 428 g/mol. The number of amides is 2. The minimum absolute atomic E-state index is 0.0201. The highest BCUT2D eigenvalue weighted by atomic mass is 32.2. The van der Waals surface area contributed by atoms with Gasteiger partial charge in [-0.2, -0.15) is 0 Å². The predicted octanol–water partition coefficient (Wildman–Crippen LogP) is 4.19. The van der Waals surface area contributed by atoms with Crippen LogP contribution in [0, 0.1) is 0 Å². The first-order chi connectivity index (χ1) is 14.5. The number of hydrogen-bond donors (Lipinski definition) is 1.